The van der Waals surface area contributed by atoms with Gasteiger partial charge in [0, 0.05) is 30.2 Å². The molecule has 0 saturated heterocycles. The van der Waals surface area contributed by atoms with Gasteiger partial charge >= 0.3 is 0 Å². The molecule has 0 unspecified atom stereocenters. The summed E-state index contributed by atoms with van der Waals surface area (Å²) in [5, 5.41) is 2.06. The van der Waals surface area contributed by atoms with Gasteiger partial charge in [-0.05, 0) is 29.5 Å². The topological polar surface area (TPSA) is 25.2 Å². The van der Waals surface area contributed by atoms with Crippen LogP contribution in [-0.4, -0.2) is 15.4 Å². The van der Waals surface area contributed by atoms with Gasteiger partial charge in [0.05, 0.1) is 13.1 Å². The lowest BCUT2D eigenvalue weighted by Gasteiger charge is -2.23. The summed E-state index contributed by atoms with van der Waals surface area (Å²) < 4.78 is 2.07. The minimum absolute atomic E-state index is 0.231. The molecule has 20 heavy (non-hydrogen) atoms. The molecule has 0 atom stereocenters. The summed E-state index contributed by atoms with van der Waals surface area (Å²) in [6, 6.07) is 8.22. The van der Waals surface area contributed by atoms with Crippen LogP contribution in [0.3, 0.4) is 0 Å². The van der Waals surface area contributed by atoms with Crippen LogP contribution in [0.5, 0.6) is 0 Å². The summed E-state index contributed by atoms with van der Waals surface area (Å²) in [5.41, 5.74) is 1.17. The minimum Gasteiger partial charge on any atom is -0.353 e. The first-order valence-electron chi connectivity index (χ1n) is 6.96. The first kappa shape index (κ1) is 14.9. The number of hydrogen-bond acceptors (Lipinski definition) is 2. The maximum atomic E-state index is 12.4. The quantitative estimate of drug-likeness (QED) is 0.797. The summed E-state index contributed by atoms with van der Waals surface area (Å²) in [7, 11) is 2.02. The molecule has 0 aliphatic heterocycles. The molecule has 0 radical (unpaired) electrons. The van der Waals surface area contributed by atoms with E-state index in [1.807, 2.05) is 30.3 Å². The Morgan fingerprint density at radius 1 is 1.30 bits per heavy atom. The van der Waals surface area contributed by atoms with Crippen molar-refractivity contribution in [1.82, 2.24) is 9.47 Å². The number of aromatic nitrogens is 1. The van der Waals surface area contributed by atoms with Crippen LogP contribution in [0.2, 0.25) is 0 Å². The standard InChI is InChI=1S/C16H22N2OS/c1-13(2)10-16(19)18(12-15-7-5-9-20-15)11-14-6-4-8-17(14)3/h4-9,13H,10-12H2,1-3H3. The van der Waals surface area contributed by atoms with Crippen LogP contribution in [0.25, 0.3) is 0 Å². The molecule has 2 rings (SSSR count). The predicted octanol–water partition coefficient (Wildman–Crippen LogP) is 3.66. The zero-order valence-corrected chi connectivity index (χ0v) is 13.2. The second kappa shape index (κ2) is 6.75. The van der Waals surface area contributed by atoms with E-state index in [0.717, 1.165) is 0 Å². The molecule has 0 bridgehead atoms. The van der Waals surface area contributed by atoms with Crippen molar-refractivity contribution in [3.8, 4) is 0 Å². The van der Waals surface area contributed by atoms with Gasteiger partial charge in [-0.25, -0.2) is 0 Å². The molecule has 4 heteroatoms. The Hall–Kier alpha value is -1.55. The Balaban J connectivity index is 2.11. The highest BCUT2D eigenvalue weighted by Gasteiger charge is 2.17. The van der Waals surface area contributed by atoms with Gasteiger partial charge in [0.15, 0.2) is 0 Å². The Morgan fingerprint density at radius 2 is 2.10 bits per heavy atom. The third kappa shape index (κ3) is 3.97. The van der Waals surface area contributed by atoms with Crippen LogP contribution in [-0.2, 0) is 24.9 Å². The van der Waals surface area contributed by atoms with E-state index in [2.05, 4.69) is 35.9 Å². The third-order valence-corrected chi connectivity index (χ3v) is 4.13. The van der Waals surface area contributed by atoms with Gasteiger partial charge in [-0.1, -0.05) is 19.9 Å². The molecule has 0 aromatic carbocycles. The van der Waals surface area contributed by atoms with Gasteiger partial charge in [0.1, 0.15) is 0 Å². The Labute approximate surface area is 124 Å². The Kier molecular flexibility index (Phi) is 5.01. The van der Waals surface area contributed by atoms with Gasteiger partial charge in [0.25, 0.3) is 0 Å². The average Bonchev–Trinajstić information content (AvgIpc) is 3.00. The van der Waals surface area contributed by atoms with E-state index in [4.69, 9.17) is 0 Å². The van der Waals surface area contributed by atoms with E-state index in [1.165, 1.54) is 10.6 Å². The van der Waals surface area contributed by atoms with Crippen LogP contribution in [0.15, 0.2) is 35.8 Å². The van der Waals surface area contributed by atoms with Gasteiger partial charge < -0.3 is 9.47 Å². The van der Waals surface area contributed by atoms with Crippen LogP contribution < -0.4 is 0 Å². The lowest BCUT2D eigenvalue weighted by molar-refractivity contribution is -0.133. The van der Waals surface area contributed by atoms with Gasteiger partial charge in [-0.15, -0.1) is 11.3 Å². The smallest absolute Gasteiger partial charge is 0.223 e. The molecule has 2 aromatic heterocycles. The fraction of sp³-hybridized carbons (Fsp3) is 0.438. The molecule has 3 nitrogen and oxygen atoms in total. The number of aryl methyl sites for hydroxylation is 1. The molecule has 0 fully saturated rings. The van der Waals surface area contributed by atoms with E-state index in [-0.39, 0.29) is 5.91 Å². The molecule has 108 valence electrons. The summed E-state index contributed by atoms with van der Waals surface area (Å²) in [6.45, 7) is 5.55. The van der Waals surface area contributed by atoms with E-state index in [0.29, 0.717) is 25.4 Å². The molecule has 2 aromatic rings. The normalized spacial score (nSPS) is 11.0. The fourth-order valence-corrected chi connectivity index (χ4v) is 2.88. The predicted molar refractivity (Wildman–Crippen MR) is 83.4 cm³/mol. The molecule has 2 heterocycles. The molecule has 0 aliphatic rings. The van der Waals surface area contributed by atoms with Crippen molar-refractivity contribution >= 4 is 17.2 Å². The Bertz CT molecular complexity index is 543. The average molecular weight is 290 g/mol. The summed E-state index contributed by atoms with van der Waals surface area (Å²) in [5.74, 6) is 0.622. The van der Waals surface area contributed by atoms with Crippen molar-refractivity contribution in [1.29, 1.82) is 0 Å². The summed E-state index contributed by atoms with van der Waals surface area (Å²) in [6.07, 6.45) is 2.63. The third-order valence-electron chi connectivity index (χ3n) is 3.27. The molecular formula is C16H22N2OS. The first-order chi connectivity index (χ1) is 9.56. The number of rotatable bonds is 6. The van der Waals surface area contributed by atoms with Crippen molar-refractivity contribution in [3.63, 3.8) is 0 Å². The van der Waals surface area contributed by atoms with Crippen molar-refractivity contribution in [3.05, 3.63) is 46.4 Å². The van der Waals surface area contributed by atoms with Crippen molar-refractivity contribution < 1.29 is 4.79 Å². The Morgan fingerprint density at radius 3 is 2.65 bits per heavy atom. The number of carbonyl (C=O) groups is 1. The number of nitrogens with zero attached hydrogens (tertiary/aromatic N) is 2. The number of thiophene rings is 1. The monoisotopic (exact) mass is 290 g/mol. The second-order valence-electron chi connectivity index (χ2n) is 5.54. The van der Waals surface area contributed by atoms with Crippen molar-refractivity contribution in [2.45, 2.75) is 33.4 Å². The lowest BCUT2D eigenvalue weighted by Crippen LogP contribution is -2.31. The molecule has 0 N–H and O–H groups in total. The first-order valence-corrected chi connectivity index (χ1v) is 7.84. The molecular weight excluding hydrogens is 268 g/mol. The van der Waals surface area contributed by atoms with Gasteiger partial charge in [-0.2, -0.15) is 0 Å². The second-order valence-corrected chi connectivity index (χ2v) is 6.57. The molecule has 0 saturated carbocycles. The van der Waals surface area contributed by atoms with Crippen molar-refractivity contribution in [2.24, 2.45) is 13.0 Å². The van der Waals surface area contributed by atoms with E-state index in [9.17, 15) is 4.79 Å². The van der Waals surface area contributed by atoms with E-state index in [1.54, 1.807) is 11.3 Å². The highest BCUT2D eigenvalue weighted by Crippen LogP contribution is 2.17. The zero-order valence-electron chi connectivity index (χ0n) is 12.4. The zero-order chi connectivity index (χ0) is 14.5. The fourth-order valence-electron chi connectivity index (χ4n) is 2.16. The highest BCUT2D eigenvalue weighted by atomic mass is 32.1. The SMILES string of the molecule is CC(C)CC(=O)N(Cc1cccs1)Cc1cccn1C. The van der Waals surface area contributed by atoms with E-state index >= 15 is 0 Å². The molecule has 1 amide bonds. The summed E-state index contributed by atoms with van der Waals surface area (Å²) in [4.78, 5) is 15.6. The van der Waals surface area contributed by atoms with Gasteiger partial charge in [-0.3, -0.25) is 4.79 Å². The largest absolute Gasteiger partial charge is 0.353 e. The number of carbonyl (C=O) groups excluding carboxylic acids is 1. The van der Waals surface area contributed by atoms with Crippen LogP contribution in [0.4, 0.5) is 0 Å². The van der Waals surface area contributed by atoms with Crippen LogP contribution >= 0.6 is 11.3 Å². The van der Waals surface area contributed by atoms with Crippen molar-refractivity contribution in [2.75, 3.05) is 0 Å². The maximum absolute atomic E-state index is 12.4. The maximum Gasteiger partial charge on any atom is 0.223 e. The number of hydrogen-bond donors (Lipinski definition) is 0. The molecule has 0 aliphatic carbocycles. The lowest BCUT2D eigenvalue weighted by atomic mass is 10.1. The van der Waals surface area contributed by atoms with Crippen LogP contribution in [0, 0.1) is 5.92 Å². The summed E-state index contributed by atoms with van der Waals surface area (Å²) >= 11 is 1.70. The van der Waals surface area contributed by atoms with Gasteiger partial charge in [0.2, 0.25) is 5.91 Å². The number of amides is 1. The van der Waals surface area contributed by atoms with Crippen LogP contribution in [0.1, 0.15) is 30.8 Å². The minimum atomic E-state index is 0.231. The van der Waals surface area contributed by atoms with E-state index < -0.39 is 0 Å². The molecule has 0 spiro atoms. The highest BCUT2D eigenvalue weighted by molar-refractivity contribution is 7.09.